The maximum atomic E-state index is 12.5. The van der Waals surface area contributed by atoms with Gasteiger partial charge in [0.05, 0.1) is 0 Å². The van der Waals surface area contributed by atoms with Crippen LogP contribution in [0.4, 0.5) is 0 Å². The molecule has 2 fully saturated rings. The lowest BCUT2D eigenvalue weighted by molar-refractivity contribution is -0.132. The number of amides is 1. The number of nitrogens with two attached hydrogens (primary N) is 1. The van der Waals surface area contributed by atoms with Crippen molar-refractivity contribution in [3.63, 3.8) is 0 Å². The minimum Gasteiger partial charge on any atom is -0.351 e. The van der Waals surface area contributed by atoms with Crippen molar-refractivity contribution in [2.24, 2.45) is 11.1 Å². The predicted octanol–water partition coefficient (Wildman–Crippen LogP) is 2.73. The summed E-state index contributed by atoms with van der Waals surface area (Å²) in [4.78, 5) is 12.5. The van der Waals surface area contributed by atoms with E-state index in [0.717, 1.165) is 25.7 Å². The maximum Gasteiger partial charge on any atom is 0.226 e. The van der Waals surface area contributed by atoms with Crippen molar-refractivity contribution in [1.29, 1.82) is 0 Å². The van der Waals surface area contributed by atoms with Crippen molar-refractivity contribution >= 4 is 5.91 Å². The number of hydrogen-bond acceptors (Lipinski definition) is 2. The third-order valence-corrected chi connectivity index (χ3v) is 4.89. The molecule has 2 aliphatic rings. The highest BCUT2D eigenvalue weighted by molar-refractivity contribution is 5.82. The first kappa shape index (κ1) is 13.9. The quantitative estimate of drug-likeness (QED) is 0.742. The van der Waals surface area contributed by atoms with Crippen LogP contribution in [0.1, 0.15) is 71.1 Å². The smallest absolute Gasteiger partial charge is 0.226 e. The zero-order chi connectivity index (χ0) is 13.0. The number of carbonyl (C=O) groups excluding carboxylic acids is 1. The van der Waals surface area contributed by atoms with Crippen LogP contribution in [0.5, 0.6) is 0 Å². The van der Waals surface area contributed by atoms with E-state index in [1.165, 1.54) is 38.5 Å². The summed E-state index contributed by atoms with van der Waals surface area (Å²) in [5, 5.41) is 3.25. The summed E-state index contributed by atoms with van der Waals surface area (Å²) in [6.07, 6.45) is 11.6. The molecule has 2 rings (SSSR count). The third-order valence-electron chi connectivity index (χ3n) is 4.89. The standard InChI is InChI=1S/C15H28N2O/c1-15(10-6-3-7-11-15)14(18)17-13-9-5-2-4-8-12(13)16/h12-13H,2-11,16H2,1H3,(H,17,18). The first-order valence-electron chi connectivity index (χ1n) is 7.68. The van der Waals surface area contributed by atoms with Crippen LogP contribution in [0.2, 0.25) is 0 Å². The van der Waals surface area contributed by atoms with Crippen molar-refractivity contribution in [3.8, 4) is 0 Å². The Hall–Kier alpha value is -0.570. The summed E-state index contributed by atoms with van der Waals surface area (Å²) >= 11 is 0. The molecule has 0 radical (unpaired) electrons. The molecule has 3 N–H and O–H groups in total. The molecule has 0 aromatic carbocycles. The van der Waals surface area contributed by atoms with Gasteiger partial charge in [-0.3, -0.25) is 4.79 Å². The molecule has 3 nitrogen and oxygen atoms in total. The third kappa shape index (κ3) is 3.25. The molecule has 2 atom stereocenters. The summed E-state index contributed by atoms with van der Waals surface area (Å²) in [5.41, 5.74) is 6.05. The Morgan fingerprint density at radius 2 is 1.67 bits per heavy atom. The number of nitrogens with one attached hydrogen (secondary N) is 1. The summed E-state index contributed by atoms with van der Waals surface area (Å²) in [6, 6.07) is 0.363. The van der Waals surface area contributed by atoms with Gasteiger partial charge in [0.25, 0.3) is 0 Å². The van der Waals surface area contributed by atoms with Crippen LogP contribution in [-0.4, -0.2) is 18.0 Å². The Balaban J connectivity index is 1.92. The Kier molecular flexibility index (Phi) is 4.66. The maximum absolute atomic E-state index is 12.5. The fraction of sp³-hybridized carbons (Fsp3) is 0.933. The van der Waals surface area contributed by atoms with E-state index in [1.54, 1.807) is 0 Å². The Morgan fingerprint density at radius 3 is 2.39 bits per heavy atom. The summed E-state index contributed by atoms with van der Waals surface area (Å²) < 4.78 is 0. The average molecular weight is 252 g/mol. The predicted molar refractivity (Wildman–Crippen MR) is 74.2 cm³/mol. The molecule has 18 heavy (non-hydrogen) atoms. The van der Waals surface area contributed by atoms with Gasteiger partial charge in [-0.2, -0.15) is 0 Å². The molecule has 0 aliphatic heterocycles. The number of hydrogen-bond donors (Lipinski definition) is 2. The van der Waals surface area contributed by atoms with E-state index in [-0.39, 0.29) is 23.4 Å². The molecule has 0 aromatic heterocycles. The number of rotatable bonds is 2. The molecule has 0 heterocycles. The van der Waals surface area contributed by atoms with E-state index < -0.39 is 0 Å². The number of carbonyl (C=O) groups is 1. The largest absolute Gasteiger partial charge is 0.351 e. The van der Waals surface area contributed by atoms with Crippen LogP contribution in [0.3, 0.4) is 0 Å². The van der Waals surface area contributed by atoms with E-state index in [4.69, 9.17) is 5.73 Å². The molecule has 3 heteroatoms. The van der Waals surface area contributed by atoms with Gasteiger partial charge in [0.2, 0.25) is 5.91 Å². The zero-order valence-electron chi connectivity index (χ0n) is 11.7. The van der Waals surface area contributed by atoms with Gasteiger partial charge in [-0.25, -0.2) is 0 Å². The highest BCUT2D eigenvalue weighted by atomic mass is 16.2. The SMILES string of the molecule is CC1(C(=O)NC2CCCCCC2N)CCCCC1. The average Bonchev–Trinajstić information content (AvgIpc) is 2.56. The van der Waals surface area contributed by atoms with Crippen molar-refractivity contribution in [3.05, 3.63) is 0 Å². The lowest BCUT2D eigenvalue weighted by atomic mass is 9.75. The van der Waals surface area contributed by atoms with E-state index >= 15 is 0 Å². The topological polar surface area (TPSA) is 55.1 Å². The molecule has 0 aromatic rings. The molecule has 1 amide bonds. The summed E-state index contributed by atoms with van der Waals surface area (Å²) in [6.45, 7) is 2.13. The summed E-state index contributed by atoms with van der Waals surface area (Å²) in [7, 11) is 0. The fourth-order valence-electron chi connectivity index (χ4n) is 3.42. The molecule has 2 saturated carbocycles. The van der Waals surface area contributed by atoms with Gasteiger partial charge in [0.1, 0.15) is 0 Å². The van der Waals surface area contributed by atoms with Gasteiger partial charge in [0, 0.05) is 17.5 Å². The zero-order valence-corrected chi connectivity index (χ0v) is 11.7. The molecule has 2 unspecified atom stereocenters. The monoisotopic (exact) mass is 252 g/mol. The second kappa shape index (κ2) is 6.05. The highest BCUT2D eigenvalue weighted by Crippen LogP contribution is 2.36. The van der Waals surface area contributed by atoms with E-state index in [0.29, 0.717) is 0 Å². The first-order chi connectivity index (χ1) is 8.62. The Bertz CT molecular complexity index is 284. The van der Waals surface area contributed by atoms with E-state index in [2.05, 4.69) is 12.2 Å². The van der Waals surface area contributed by atoms with E-state index in [1.807, 2.05) is 0 Å². The van der Waals surface area contributed by atoms with E-state index in [9.17, 15) is 4.79 Å². The lowest BCUT2D eigenvalue weighted by Gasteiger charge is -2.34. The summed E-state index contributed by atoms with van der Waals surface area (Å²) in [5.74, 6) is 0.254. The van der Waals surface area contributed by atoms with Crippen LogP contribution >= 0.6 is 0 Å². The van der Waals surface area contributed by atoms with Crippen molar-refractivity contribution in [2.75, 3.05) is 0 Å². The molecule has 0 spiro atoms. The van der Waals surface area contributed by atoms with Gasteiger partial charge in [0.15, 0.2) is 0 Å². The van der Waals surface area contributed by atoms with Crippen LogP contribution in [0.25, 0.3) is 0 Å². The normalized spacial score (nSPS) is 32.6. The highest BCUT2D eigenvalue weighted by Gasteiger charge is 2.36. The Labute approximate surface area is 111 Å². The van der Waals surface area contributed by atoms with Gasteiger partial charge in [-0.1, -0.05) is 45.4 Å². The molecular weight excluding hydrogens is 224 g/mol. The van der Waals surface area contributed by atoms with Crippen LogP contribution < -0.4 is 11.1 Å². The van der Waals surface area contributed by atoms with Crippen molar-refractivity contribution in [2.45, 2.75) is 83.2 Å². The van der Waals surface area contributed by atoms with Gasteiger partial charge in [-0.15, -0.1) is 0 Å². The minimum atomic E-state index is -0.135. The first-order valence-corrected chi connectivity index (χ1v) is 7.68. The molecule has 2 aliphatic carbocycles. The second-order valence-corrected chi connectivity index (χ2v) is 6.50. The molecule has 0 bridgehead atoms. The van der Waals surface area contributed by atoms with Gasteiger partial charge >= 0.3 is 0 Å². The van der Waals surface area contributed by atoms with Crippen LogP contribution in [0.15, 0.2) is 0 Å². The lowest BCUT2D eigenvalue weighted by Crippen LogP contribution is -2.51. The molecule has 0 saturated heterocycles. The van der Waals surface area contributed by atoms with Crippen LogP contribution in [-0.2, 0) is 4.79 Å². The molecule has 104 valence electrons. The minimum absolute atomic E-state index is 0.135. The van der Waals surface area contributed by atoms with Gasteiger partial charge < -0.3 is 11.1 Å². The Morgan fingerprint density at radius 1 is 1.06 bits per heavy atom. The van der Waals surface area contributed by atoms with Crippen molar-refractivity contribution < 1.29 is 4.79 Å². The van der Waals surface area contributed by atoms with Gasteiger partial charge in [-0.05, 0) is 25.7 Å². The fourth-order valence-corrected chi connectivity index (χ4v) is 3.42. The molecular formula is C15H28N2O. The van der Waals surface area contributed by atoms with Crippen LogP contribution in [0, 0.1) is 5.41 Å². The van der Waals surface area contributed by atoms with Crippen molar-refractivity contribution in [1.82, 2.24) is 5.32 Å². The second-order valence-electron chi connectivity index (χ2n) is 6.50.